The van der Waals surface area contributed by atoms with Crippen LogP contribution in [0.25, 0.3) is 0 Å². The molecule has 0 spiro atoms. The van der Waals surface area contributed by atoms with E-state index in [1.165, 1.54) is 12.8 Å². The van der Waals surface area contributed by atoms with Crippen LogP contribution in [0.3, 0.4) is 0 Å². The zero-order valence-electron chi connectivity index (χ0n) is 18.4. The van der Waals surface area contributed by atoms with Gasteiger partial charge in [0.2, 0.25) is 0 Å². The van der Waals surface area contributed by atoms with Gasteiger partial charge < -0.3 is 10.2 Å². The van der Waals surface area contributed by atoms with Crippen molar-refractivity contribution in [3.63, 3.8) is 0 Å². The lowest BCUT2D eigenvalue weighted by molar-refractivity contribution is -0.290. The maximum Gasteiger partial charge on any atom is 0.417 e. The third-order valence-electron chi connectivity index (χ3n) is 10.7. The van der Waals surface area contributed by atoms with Crippen LogP contribution in [0.4, 0.5) is 13.2 Å². The second-order valence-electron chi connectivity index (χ2n) is 11.7. The molecule has 4 fully saturated rings. The van der Waals surface area contributed by atoms with Crippen LogP contribution in [0.1, 0.15) is 85.5 Å². The lowest BCUT2D eigenvalue weighted by Crippen LogP contribution is -2.59. The molecule has 10 atom stereocenters. The van der Waals surface area contributed by atoms with Gasteiger partial charge in [0.15, 0.2) is 5.60 Å². The Balaban J connectivity index is 1.56. The summed E-state index contributed by atoms with van der Waals surface area (Å²) in [4.78, 5) is 0. The van der Waals surface area contributed by atoms with Gasteiger partial charge in [0, 0.05) is 0 Å². The van der Waals surface area contributed by atoms with Crippen LogP contribution in [-0.4, -0.2) is 28.1 Å². The molecule has 0 aromatic heterocycles. The first-order valence-corrected chi connectivity index (χ1v) is 11.8. The minimum absolute atomic E-state index is 0.0259. The van der Waals surface area contributed by atoms with Crippen molar-refractivity contribution in [2.45, 2.75) is 103 Å². The third kappa shape index (κ3) is 3.11. The highest BCUT2D eigenvalue weighted by Gasteiger charge is 2.65. The third-order valence-corrected chi connectivity index (χ3v) is 10.7. The van der Waals surface area contributed by atoms with Gasteiger partial charge in [0.1, 0.15) is 0 Å². The first-order valence-electron chi connectivity index (χ1n) is 11.8. The quantitative estimate of drug-likeness (QED) is 0.583. The molecular formula is C24H39F3O2. The van der Waals surface area contributed by atoms with Gasteiger partial charge in [-0.25, -0.2) is 0 Å². The van der Waals surface area contributed by atoms with Crippen LogP contribution in [-0.2, 0) is 0 Å². The monoisotopic (exact) mass is 416 g/mol. The highest BCUT2D eigenvalue weighted by atomic mass is 19.4. The largest absolute Gasteiger partial charge is 0.417 e. The Morgan fingerprint density at radius 1 is 0.862 bits per heavy atom. The van der Waals surface area contributed by atoms with E-state index < -0.39 is 11.8 Å². The number of aliphatic hydroxyl groups is 2. The lowest BCUT2D eigenvalue weighted by atomic mass is 9.43. The summed E-state index contributed by atoms with van der Waals surface area (Å²) in [6.45, 7) is 8.76. The number of aliphatic hydroxyl groups excluding tert-OH is 1. The second-order valence-corrected chi connectivity index (χ2v) is 11.7. The van der Waals surface area contributed by atoms with E-state index in [4.69, 9.17) is 0 Å². The van der Waals surface area contributed by atoms with Gasteiger partial charge in [-0.3, -0.25) is 0 Å². The molecule has 2 N–H and O–H groups in total. The van der Waals surface area contributed by atoms with Crippen molar-refractivity contribution in [1.29, 1.82) is 0 Å². The summed E-state index contributed by atoms with van der Waals surface area (Å²) in [6.07, 6.45) is 1.85. The minimum Gasteiger partial charge on any atom is -0.393 e. The van der Waals surface area contributed by atoms with Crippen LogP contribution < -0.4 is 0 Å². The Kier molecular flexibility index (Phi) is 5.18. The first kappa shape index (κ1) is 21.9. The van der Waals surface area contributed by atoms with E-state index >= 15 is 0 Å². The summed E-state index contributed by atoms with van der Waals surface area (Å²) in [5, 5.41) is 20.6. The fraction of sp³-hybridized carbons (Fsp3) is 1.00. The number of rotatable bonds is 2. The molecule has 4 aliphatic rings. The summed E-state index contributed by atoms with van der Waals surface area (Å²) in [5.74, 6) is 2.53. The van der Waals surface area contributed by atoms with Crippen molar-refractivity contribution >= 4 is 0 Å². The average molecular weight is 417 g/mol. The molecule has 0 aliphatic heterocycles. The smallest absolute Gasteiger partial charge is 0.393 e. The lowest BCUT2D eigenvalue weighted by Gasteiger charge is -2.62. The first-order chi connectivity index (χ1) is 13.3. The van der Waals surface area contributed by atoms with Crippen molar-refractivity contribution in [1.82, 2.24) is 0 Å². The normalized spacial score (nSPS) is 52.2. The molecule has 168 valence electrons. The van der Waals surface area contributed by atoms with Gasteiger partial charge in [-0.15, -0.1) is 0 Å². The van der Waals surface area contributed by atoms with Crippen molar-refractivity contribution in [2.75, 3.05) is 0 Å². The fourth-order valence-electron chi connectivity index (χ4n) is 8.74. The molecule has 0 bridgehead atoms. The molecule has 4 saturated carbocycles. The van der Waals surface area contributed by atoms with Crippen molar-refractivity contribution in [2.24, 2.45) is 46.3 Å². The Hall–Kier alpha value is -0.290. The zero-order valence-corrected chi connectivity index (χ0v) is 18.4. The van der Waals surface area contributed by atoms with E-state index in [1.807, 2.05) is 6.92 Å². The molecule has 0 saturated heterocycles. The summed E-state index contributed by atoms with van der Waals surface area (Å²) in [7, 11) is 0. The molecule has 0 heterocycles. The number of hydrogen-bond acceptors (Lipinski definition) is 2. The summed E-state index contributed by atoms with van der Waals surface area (Å²) in [6, 6.07) is 0. The number of halogens is 3. The molecule has 2 nitrogen and oxygen atoms in total. The van der Waals surface area contributed by atoms with E-state index in [9.17, 15) is 23.4 Å². The van der Waals surface area contributed by atoms with Gasteiger partial charge in [-0.05, 0) is 111 Å². The van der Waals surface area contributed by atoms with Gasteiger partial charge in [0.25, 0.3) is 0 Å². The van der Waals surface area contributed by atoms with Gasteiger partial charge in [-0.2, -0.15) is 13.2 Å². The van der Waals surface area contributed by atoms with Crippen LogP contribution in [0.5, 0.6) is 0 Å². The highest BCUT2D eigenvalue weighted by molar-refractivity contribution is 5.11. The standard InChI is InChI=1S/C24H39F3O2/c1-14(15(2)28)18-7-8-19-17-6-5-16-13-23(29,24(25,26)27)12-11-21(16,3)20(17)9-10-22(18,19)4/h14-20,28-29H,5-13H2,1-4H3/t14?,15-,16+,17+,18-,19+,20+,21+,22-,23+/m1/s1. The average Bonchev–Trinajstić information content (AvgIpc) is 2.98. The molecule has 0 aromatic rings. The summed E-state index contributed by atoms with van der Waals surface area (Å²) >= 11 is 0. The van der Waals surface area contributed by atoms with Gasteiger partial charge >= 0.3 is 6.18 Å². The molecule has 0 amide bonds. The maximum absolute atomic E-state index is 13.5. The minimum atomic E-state index is -4.52. The van der Waals surface area contributed by atoms with Gasteiger partial charge in [0.05, 0.1) is 6.10 Å². The molecule has 5 heteroatoms. The highest BCUT2D eigenvalue weighted by Crippen LogP contribution is 2.69. The van der Waals surface area contributed by atoms with E-state index in [2.05, 4.69) is 20.8 Å². The van der Waals surface area contributed by atoms with Crippen LogP contribution in [0.15, 0.2) is 0 Å². The predicted molar refractivity (Wildman–Crippen MR) is 107 cm³/mol. The van der Waals surface area contributed by atoms with Crippen molar-refractivity contribution < 1.29 is 23.4 Å². The Morgan fingerprint density at radius 3 is 2.14 bits per heavy atom. The molecule has 4 rings (SSSR count). The molecule has 4 aliphatic carbocycles. The fourth-order valence-corrected chi connectivity index (χ4v) is 8.74. The number of fused-ring (bicyclic) bond motifs is 5. The van der Waals surface area contributed by atoms with E-state index in [0.717, 1.165) is 25.7 Å². The van der Waals surface area contributed by atoms with E-state index in [-0.39, 0.29) is 35.7 Å². The van der Waals surface area contributed by atoms with E-state index in [0.29, 0.717) is 36.0 Å². The molecular weight excluding hydrogens is 377 g/mol. The predicted octanol–water partition coefficient (Wildman–Crippen LogP) is 5.96. The Bertz CT molecular complexity index is 634. The molecule has 1 unspecified atom stereocenters. The van der Waals surface area contributed by atoms with Crippen molar-refractivity contribution in [3.05, 3.63) is 0 Å². The van der Waals surface area contributed by atoms with Crippen molar-refractivity contribution in [3.8, 4) is 0 Å². The van der Waals surface area contributed by atoms with Crippen LogP contribution in [0, 0.1) is 46.3 Å². The topological polar surface area (TPSA) is 40.5 Å². The van der Waals surface area contributed by atoms with E-state index in [1.54, 1.807) is 0 Å². The summed E-state index contributed by atoms with van der Waals surface area (Å²) in [5.41, 5.74) is -2.31. The molecule has 0 radical (unpaired) electrons. The maximum atomic E-state index is 13.5. The Labute approximate surface area is 173 Å². The SMILES string of the molecule is CC([C@H]1CC[C@H]2[C@@H]3CC[C@H]4C[C@](O)(C(F)(F)F)CC[C@]4(C)[C@H]3CC[C@]12C)[C@@H](C)O. The molecule has 0 aromatic carbocycles. The van der Waals surface area contributed by atoms with Crippen LogP contribution >= 0.6 is 0 Å². The number of hydrogen-bond donors (Lipinski definition) is 2. The number of alkyl halides is 3. The summed E-state index contributed by atoms with van der Waals surface area (Å²) < 4.78 is 40.4. The van der Waals surface area contributed by atoms with Crippen LogP contribution in [0.2, 0.25) is 0 Å². The zero-order chi connectivity index (χ0) is 21.4. The Morgan fingerprint density at radius 2 is 1.52 bits per heavy atom. The second kappa shape index (κ2) is 6.85. The van der Waals surface area contributed by atoms with Gasteiger partial charge in [-0.1, -0.05) is 20.8 Å². The molecule has 29 heavy (non-hydrogen) atoms.